The normalized spacial score (nSPS) is 13.3. The Morgan fingerprint density at radius 1 is 1.44 bits per heavy atom. The Hall–Kier alpha value is -1.63. The number of carboxylic acid groups (broad SMARTS) is 1. The molecule has 0 spiro atoms. The quantitative estimate of drug-likeness (QED) is 0.827. The number of carbonyl (C=O) groups is 1. The Morgan fingerprint density at radius 3 is 2.56 bits per heavy atom. The van der Waals surface area contributed by atoms with Crippen molar-refractivity contribution in [3.63, 3.8) is 0 Å². The molecule has 16 heavy (non-hydrogen) atoms. The van der Waals surface area contributed by atoms with Crippen LogP contribution in [0.25, 0.3) is 0 Å². The van der Waals surface area contributed by atoms with Gasteiger partial charge in [-0.3, -0.25) is 4.79 Å². The molecule has 0 aliphatic rings. The Balaban J connectivity index is 3.07. The minimum Gasteiger partial charge on any atom is -0.508 e. The maximum absolute atomic E-state index is 13.2. The predicted molar refractivity (Wildman–Crippen MR) is 52.4 cm³/mol. The van der Waals surface area contributed by atoms with E-state index < -0.39 is 32.6 Å². The maximum Gasteiger partial charge on any atom is 0.307 e. The summed E-state index contributed by atoms with van der Waals surface area (Å²) in [6.45, 7) is 0. The molecule has 0 amide bonds. The first kappa shape index (κ1) is 12.4. The zero-order valence-electron chi connectivity index (χ0n) is 8.00. The van der Waals surface area contributed by atoms with Gasteiger partial charge in [-0.15, -0.1) is 0 Å². The largest absolute Gasteiger partial charge is 0.508 e. The summed E-state index contributed by atoms with van der Waals surface area (Å²) >= 11 is 0. The highest BCUT2D eigenvalue weighted by Gasteiger charge is 2.29. The molecule has 5 nitrogen and oxygen atoms in total. The lowest BCUT2D eigenvalue weighted by molar-refractivity contribution is -0.137. The highest BCUT2D eigenvalue weighted by Crippen LogP contribution is 2.22. The zero-order chi connectivity index (χ0) is 12.3. The number of hydrogen-bond donors (Lipinski definition) is 2. The predicted octanol–water partition coefficient (Wildman–Crippen LogP) is 0.936. The lowest BCUT2D eigenvalue weighted by Crippen LogP contribution is -2.20. The Kier molecular flexibility index (Phi) is 3.48. The summed E-state index contributed by atoms with van der Waals surface area (Å²) in [5.41, 5.74) is -2.52. The third-order valence-electron chi connectivity index (χ3n) is 1.82. The van der Waals surface area contributed by atoms with Gasteiger partial charge in [0.05, 0.1) is 11.3 Å². The van der Waals surface area contributed by atoms with Crippen molar-refractivity contribution in [3.8, 4) is 5.75 Å². The topological polar surface area (TPSA) is 91.7 Å². The molecule has 0 bridgehead atoms. The van der Waals surface area contributed by atoms with Gasteiger partial charge < -0.3 is 10.2 Å². The Labute approximate surface area is 91.1 Å². The first-order valence-corrected chi connectivity index (χ1v) is 5.77. The van der Waals surface area contributed by atoms with Crippen molar-refractivity contribution in [2.24, 2.45) is 0 Å². The van der Waals surface area contributed by atoms with E-state index >= 15 is 0 Å². The average molecular weight is 248 g/mol. The molecular weight excluding hydrogens is 239 g/mol. The van der Waals surface area contributed by atoms with E-state index in [4.69, 9.17) is 10.2 Å². The van der Waals surface area contributed by atoms with E-state index in [2.05, 4.69) is 0 Å². The highest BCUT2D eigenvalue weighted by molar-refractivity contribution is 7.92. The number of benzene rings is 1. The highest BCUT2D eigenvalue weighted by atomic mass is 32.2. The van der Waals surface area contributed by atoms with E-state index in [1.807, 2.05) is 0 Å². The minimum absolute atomic E-state index is 0.330. The number of sulfone groups is 1. The Morgan fingerprint density at radius 2 is 2.06 bits per heavy atom. The fourth-order valence-electron chi connectivity index (χ4n) is 1.06. The molecule has 88 valence electrons. The summed E-state index contributed by atoms with van der Waals surface area (Å²) in [7, 11) is -4.36. The van der Waals surface area contributed by atoms with Crippen molar-refractivity contribution in [3.05, 3.63) is 24.3 Å². The number of aromatic hydroxyl groups is 1. The average Bonchev–Trinajstić information content (AvgIpc) is 2.16. The molecule has 1 atom stereocenters. The van der Waals surface area contributed by atoms with Crippen LogP contribution >= 0.6 is 0 Å². The number of phenols is 1. The van der Waals surface area contributed by atoms with Crippen molar-refractivity contribution < 1.29 is 27.8 Å². The molecule has 0 aliphatic heterocycles. The molecule has 1 rings (SSSR count). The van der Waals surface area contributed by atoms with Crippen LogP contribution in [0.4, 0.5) is 4.39 Å². The first-order chi connectivity index (χ1) is 7.34. The maximum atomic E-state index is 13.2. The van der Waals surface area contributed by atoms with E-state index in [9.17, 15) is 17.6 Å². The molecule has 1 aromatic carbocycles. The number of rotatable bonds is 4. The third kappa shape index (κ3) is 2.69. The van der Waals surface area contributed by atoms with Gasteiger partial charge in [0.2, 0.25) is 15.3 Å². The first-order valence-electron chi connectivity index (χ1n) is 4.23. The van der Waals surface area contributed by atoms with Crippen LogP contribution in [0, 0.1) is 0 Å². The van der Waals surface area contributed by atoms with Gasteiger partial charge in [-0.2, -0.15) is 0 Å². The van der Waals surface area contributed by atoms with Gasteiger partial charge in [-0.05, 0) is 18.2 Å². The molecule has 1 aromatic rings. The van der Waals surface area contributed by atoms with Crippen molar-refractivity contribution in [2.45, 2.75) is 16.8 Å². The molecule has 0 saturated heterocycles. The molecule has 1 unspecified atom stereocenters. The van der Waals surface area contributed by atoms with E-state index in [1.165, 1.54) is 12.1 Å². The van der Waals surface area contributed by atoms with Gasteiger partial charge in [-0.25, -0.2) is 12.8 Å². The van der Waals surface area contributed by atoms with Crippen LogP contribution in [-0.4, -0.2) is 30.1 Å². The van der Waals surface area contributed by atoms with E-state index in [-0.39, 0.29) is 5.75 Å². The van der Waals surface area contributed by atoms with Crippen LogP contribution in [0.15, 0.2) is 29.2 Å². The number of hydrogen-bond acceptors (Lipinski definition) is 4. The number of phenolic OH excluding ortho intramolecular Hbond substituents is 1. The second-order valence-corrected chi connectivity index (χ2v) is 5.12. The Bertz CT molecular complexity index is 496. The van der Waals surface area contributed by atoms with Crippen LogP contribution in [0.1, 0.15) is 6.42 Å². The SMILES string of the molecule is O=C(O)CC(F)S(=O)(=O)c1cccc(O)c1. The molecule has 0 radical (unpaired) electrons. The van der Waals surface area contributed by atoms with Crippen LogP contribution < -0.4 is 0 Å². The van der Waals surface area contributed by atoms with Gasteiger partial charge in [0, 0.05) is 0 Å². The van der Waals surface area contributed by atoms with E-state index in [0.29, 0.717) is 0 Å². The third-order valence-corrected chi connectivity index (χ3v) is 3.57. The van der Waals surface area contributed by atoms with Crippen molar-refractivity contribution in [1.29, 1.82) is 0 Å². The van der Waals surface area contributed by atoms with Crippen LogP contribution in [0.5, 0.6) is 5.75 Å². The molecule has 0 aromatic heterocycles. The smallest absolute Gasteiger partial charge is 0.307 e. The number of aliphatic carboxylic acids is 1. The fourth-order valence-corrected chi connectivity index (χ4v) is 2.27. The fraction of sp³-hybridized carbons (Fsp3) is 0.222. The van der Waals surface area contributed by atoms with Gasteiger partial charge >= 0.3 is 5.97 Å². The number of alkyl halides is 1. The van der Waals surface area contributed by atoms with Gasteiger partial charge in [-0.1, -0.05) is 6.07 Å². The van der Waals surface area contributed by atoms with Crippen LogP contribution in [0.2, 0.25) is 0 Å². The molecule has 0 saturated carbocycles. The standard InChI is InChI=1S/C9H9FO5S/c10-8(5-9(12)13)16(14,15)7-3-1-2-6(11)4-7/h1-4,8,11H,5H2,(H,12,13). The number of carboxylic acids is 1. The summed E-state index contributed by atoms with van der Waals surface area (Å²) in [4.78, 5) is 9.76. The lowest BCUT2D eigenvalue weighted by Gasteiger charge is -2.07. The van der Waals surface area contributed by atoms with Crippen molar-refractivity contribution >= 4 is 15.8 Å². The molecular formula is C9H9FO5S. The van der Waals surface area contributed by atoms with Crippen molar-refractivity contribution in [2.75, 3.05) is 0 Å². The summed E-state index contributed by atoms with van der Waals surface area (Å²) in [6, 6.07) is 4.41. The summed E-state index contributed by atoms with van der Waals surface area (Å²) in [5.74, 6) is -1.88. The van der Waals surface area contributed by atoms with Crippen LogP contribution in [-0.2, 0) is 14.6 Å². The van der Waals surface area contributed by atoms with Crippen LogP contribution in [0.3, 0.4) is 0 Å². The van der Waals surface area contributed by atoms with E-state index in [1.54, 1.807) is 0 Å². The zero-order valence-corrected chi connectivity index (χ0v) is 8.82. The lowest BCUT2D eigenvalue weighted by atomic mass is 10.3. The minimum atomic E-state index is -4.36. The van der Waals surface area contributed by atoms with Gasteiger partial charge in [0.25, 0.3) is 0 Å². The van der Waals surface area contributed by atoms with Gasteiger partial charge in [0.1, 0.15) is 5.75 Å². The van der Waals surface area contributed by atoms with E-state index in [0.717, 1.165) is 12.1 Å². The van der Waals surface area contributed by atoms with Crippen molar-refractivity contribution in [1.82, 2.24) is 0 Å². The molecule has 0 fully saturated rings. The molecule has 7 heteroatoms. The summed E-state index contributed by atoms with van der Waals surface area (Å²) in [5, 5.41) is 17.3. The second-order valence-electron chi connectivity index (χ2n) is 3.05. The number of halogens is 1. The van der Waals surface area contributed by atoms with Gasteiger partial charge in [0.15, 0.2) is 0 Å². The molecule has 0 heterocycles. The molecule has 0 aliphatic carbocycles. The summed E-state index contributed by atoms with van der Waals surface area (Å²) < 4.78 is 36.1. The monoisotopic (exact) mass is 248 g/mol. The second kappa shape index (κ2) is 4.48. The summed E-state index contributed by atoms with van der Waals surface area (Å²) in [6.07, 6.45) is -1.13. The molecule has 2 N–H and O–H groups in total.